The zero-order valence-corrected chi connectivity index (χ0v) is 12.8. The molecule has 0 atom stereocenters. The summed E-state index contributed by atoms with van der Waals surface area (Å²) in [5.41, 5.74) is 4.25. The van der Waals surface area contributed by atoms with Crippen LogP contribution in [0.3, 0.4) is 0 Å². The summed E-state index contributed by atoms with van der Waals surface area (Å²) >= 11 is 0. The first-order valence-corrected chi connectivity index (χ1v) is 7.60. The SMILES string of the molecule is CC(=O)Nc1ccc(-n2c3ccccc3c3ccccc32)cc1. The summed E-state index contributed by atoms with van der Waals surface area (Å²) in [5, 5.41) is 5.29. The Bertz CT molecular complexity index is 960. The molecule has 1 heterocycles. The molecule has 3 nitrogen and oxygen atoms in total. The van der Waals surface area contributed by atoms with Crippen molar-refractivity contribution in [2.45, 2.75) is 6.92 Å². The molecule has 1 N–H and O–H groups in total. The standard InChI is InChI=1S/C20H16N2O/c1-14(23)21-15-10-12-16(13-11-15)22-19-8-4-2-6-17(19)18-7-3-5-9-20(18)22/h2-13H,1H3,(H,21,23). The van der Waals surface area contributed by atoms with Gasteiger partial charge in [0.2, 0.25) is 5.91 Å². The summed E-state index contributed by atoms with van der Waals surface area (Å²) in [6.07, 6.45) is 0. The molecule has 0 radical (unpaired) electrons. The van der Waals surface area contributed by atoms with Gasteiger partial charge in [0.25, 0.3) is 0 Å². The lowest BCUT2D eigenvalue weighted by atomic mass is 10.2. The van der Waals surface area contributed by atoms with E-state index in [1.807, 2.05) is 24.3 Å². The molecule has 0 unspecified atom stereocenters. The zero-order valence-electron chi connectivity index (χ0n) is 12.8. The van der Waals surface area contributed by atoms with E-state index in [2.05, 4.69) is 58.4 Å². The Morgan fingerprint density at radius 2 is 1.30 bits per heavy atom. The quantitative estimate of drug-likeness (QED) is 0.570. The van der Waals surface area contributed by atoms with Crippen LogP contribution in [0.4, 0.5) is 5.69 Å². The predicted molar refractivity (Wildman–Crippen MR) is 95.1 cm³/mol. The van der Waals surface area contributed by atoms with Crippen LogP contribution < -0.4 is 5.32 Å². The van der Waals surface area contributed by atoms with Crippen LogP contribution in [0.15, 0.2) is 72.8 Å². The molecule has 0 fully saturated rings. The molecule has 1 aromatic heterocycles. The van der Waals surface area contributed by atoms with Crippen molar-refractivity contribution in [3.05, 3.63) is 72.8 Å². The smallest absolute Gasteiger partial charge is 0.221 e. The summed E-state index contributed by atoms with van der Waals surface area (Å²) in [5.74, 6) is -0.0605. The van der Waals surface area contributed by atoms with E-state index in [0.29, 0.717) is 0 Å². The number of fused-ring (bicyclic) bond motifs is 3. The molecule has 0 saturated carbocycles. The van der Waals surface area contributed by atoms with Gasteiger partial charge in [0, 0.05) is 29.1 Å². The lowest BCUT2D eigenvalue weighted by Gasteiger charge is -2.09. The van der Waals surface area contributed by atoms with Crippen LogP contribution in [0.2, 0.25) is 0 Å². The molecule has 3 heteroatoms. The number of amides is 1. The van der Waals surface area contributed by atoms with Crippen molar-refractivity contribution < 1.29 is 4.79 Å². The summed E-state index contributed by atoms with van der Waals surface area (Å²) in [6, 6.07) is 24.8. The van der Waals surface area contributed by atoms with E-state index >= 15 is 0 Å². The molecule has 112 valence electrons. The van der Waals surface area contributed by atoms with Crippen molar-refractivity contribution in [2.75, 3.05) is 5.32 Å². The van der Waals surface area contributed by atoms with Gasteiger partial charge in [-0.15, -0.1) is 0 Å². The van der Waals surface area contributed by atoms with Crippen molar-refractivity contribution in [3.8, 4) is 5.69 Å². The molecule has 0 bridgehead atoms. The van der Waals surface area contributed by atoms with Crippen molar-refractivity contribution >= 4 is 33.4 Å². The van der Waals surface area contributed by atoms with Crippen LogP contribution in [-0.4, -0.2) is 10.5 Å². The van der Waals surface area contributed by atoms with Gasteiger partial charge in [-0.2, -0.15) is 0 Å². The van der Waals surface area contributed by atoms with Crippen molar-refractivity contribution in [2.24, 2.45) is 0 Å². The molecule has 0 aliphatic carbocycles. The number of para-hydroxylation sites is 2. The number of hydrogen-bond donors (Lipinski definition) is 1. The van der Waals surface area contributed by atoms with Gasteiger partial charge in [0.15, 0.2) is 0 Å². The Kier molecular flexibility index (Phi) is 3.12. The van der Waals surface area contributed by atoms with Crippen molar-refractivity contribution in [3.63, 3.8) is 0 Å². The third-order valence-electron chi connectivity index (χ3n) is 4.03. The Morgan fingerprint density at radius 3 is 1.83 bits per heavy atom. The highest BCUT2D eigenvalue weighted by Crippen LogP contribution is 2.31. The molecule has 4 aromatic rings. The second-order valence-electron chi connectivity index (χ2n) is 5.60. The Labute approximate surface area is 134 Å². The topological polar surface area (TPSA) is 34.0 Å². The van der Waals surface area contributed by atoms with E-state index < -0.39 is 0 Å². The molecule has 0 aliphatic heterocycles. The first-order chi connectivity index (χ1) is 11.2. The van der Waals surface area contributed by atoms with Crippen molar-refractivity contribution in [1.29, 1.82) is 0 Å². The maximum Gasteiger partial charge on any atom is 0.221 e. The molecule has 23 heavy (non-hydrogen) atoms. The van der Waals surface area contributed by atoms with Crippen LogP contribution in [0.1, 0.15) is 6.92 Å². The first-order valence-electron chi connectivity index (χ1n) is 7.60. The van der Waals surface area contributed by atoms with E-state index in [1.54, 1.807) is 0 Å². The van der Waals surface area contributed by atoms with Crippen LogP contribution >= 0.6 is 0 Å². The van der Waals surface area contributed by atoms with Gasteiger partial charge in [-0.25, -0.2) is 0 Å². The number of carbonyl (C=O) groups excluding carboxylic acids is 1. The highest BCUT2D eigenvalue weighted by atomic mass is 16.1. The molecule has 1 amide bonds. The average Bonchev–Trinajstić information content (AvgIpc) is 2.90. The minimum atomic E-state index is -0.0605. The molecule has 3 aromatic carbocycles. The van der Waals surface area contributed by atoms with Gasteiger partial charge in [-0.1, -0.05) is 36.4 Å². The Balaban J connectivity index is 1.95. The highest BCUT2D eigenvalue weighted by molar-refractivity contribution is 6.09. The second-order valence-corrected chi connectivity index (χ2v) is 5.60. The number of anilines is 1. The summed E-state index contributed by atoms with van der Waals surface area (Å²) in [4.78, 5) is 11.2. The second kappa shape index (κ2) is 5.29. The molecular weight excluding hydrogens is 284 g/mol. The number of benzene rings is 3. The fraction of sp³-hybridized carbons (Fsp3) is 0.0500. The predicted octanol–water partition coefficient (Wildman–Crippen LogP) is 4.74. The third kappa shape index (κ3) is 2.27. The lowest BCUT2D eigenvalue weighted by molar-refractivity contribution is -0.114. The number of nitrogens with zero attached hydrogens (tertiary/aromatic N) is 1. The third-order valence-corrected chi connectivity index (χ3v) is 4.03. The van der Waals surface area contributed by atoms with E-state index in [-0.39, 0.29) is 5.91 Å². The monoisotopic (exact) mass is 300 g/mol. The zero-order chi connectivity index (χ0) is 15.8. The molecular formula is C20H16N2O. The molecule has 0 spiro atoms. The van der Waals surface area contributed by atoms with Gasteiger partial charge in [0.05, 0.1) is 11.0 Å². The van der Waals surface area contributed by atoms with E-state index in [1.165, 1.54) is 28.7 Å². The van der Waals surface area contributed by atoms with Gasteiger partial charge < -0.3 is 9.88 Å². The average molecular weight is 300 g/mol. The number of aromatic nitrogens is 1. The number of carbonyl (C=O) groups is 1. The number of rotatable bonds is 2. The Hall–Kier alpha value is -3.07. The number of nitrogens with one attached hydrogen (secondary N) is 1. The van der Waals surface area contributed by atoms with Gasteiger partial charge in [0.1, 0.15) is 0 Å². The first kappa shape index (κ1) is 13.6. The van der Waals surface area contributed by atoms with Gasteiger partial charge >= 0.3 is 0 Å². The minimum Gasteiger partial charge on any atom is -0.326 e. The minimum absolute atomic E-state index is 0.0605. The van der Waals surface area contributed by atoms with Gasteiger partial charge in [-0.3, -0.25) is 4.79 Å². The van der Waals surface area contributed by atoms with E-state index in [0.717, 1.165) is 11.4 Å². The maximum absolute atomic E-state index is 11.2. The van der Waals surface area contributed by atoms with Crippen LogP contribution in [0.25, 0.3) is 27.5 Å². The summed E-state index contributed by atoms with van der Waals surface area (Å²) in [6.45, 7) is 1.51. The largest absolute Gasteiger partial charge is 0.326 e. The fourth-order valence-electron chi connectivity index (χ4n) is 3.10. The lowest BCUT2D eigenvalue weighted by Crippen LogP contribution is -2.05. The highest BCUT2D eigenvalue weighted by Gasteiger charge is 2.10. The Morgan fingerprint density at radius 1 is 0.783 bits per heavy atom. The molecule has 0 aliphatic rings. The summed E-state index contributed by atoms with van der Waals surface area (Å²) < 4.78 is 2.25. The van der Waals surface area contributed by atoms with Crippen LogP contribution in [0, 0.1) is 0 Å². The molecule has 4 rings (SSSR count). The van der Waals surface area contributed by atoms with Crippen LogP contribution in [-0.2, 0) is 4.79 Å². The van der Waals surface area contributed by atoms with Crippen LogP contribution in [0.5, 0.6) is 0 Å². The number of hydrogen-bond acceptors (Lipinski definition) is 1. The summed E-state index contributed by atoms with van der Waals surface area (Å²) in [7, 11) is 0. The van der Waals surface area contributed by atoms with Crippen molar-refractivity contribution in [1.82, 2.24) is 4.57 Å². The van der Waals surface area contributed by atoms with E-state index in [9.17, 15) is 4.79 Å². The van der Waals surface area contributed by atoms with Gasteiger partial charge in [-0.05, 0) is 36.4 Å². The normalized spacial score (nSPS) is 11.0. The maximum atomic E-state index is 11.2. The fourth-order valence-corrected chi connectivity index (χ4v) is 3.10. The van der Waals surface area contributed by atoms with E-state index in [4.69, 9.17) is 0 Å². The molecule has 0 saturated heterocycles.